The molecule has 3 N–H and O–H groups in total. The summed E-state index contributed by atoms with van der Waals surface area (Å²) in [5, 5.41) is 9.19. The van der Waals surface area contributed by atoms with Gasteiger partial charge in [0.2, 0.25) is 16.0 Å². The normalized spacial score (nSPS) is 14.9. The third-order valence-corrected chi connectivity index (χ3v) is 6.86. The molecule has 0 unspecified atom stereocenters. The molecule has 5 rings (SSSR count). The molecular formula is C24H25N7O2S. The van der Waals surface area contributed by atoms with Gasteiger partial charge in [-0.05, 0) is 60.6 Å². The molecule has 0 radical (unpaired) electrons. The number of primary sulfonamides is 1. The number of fused-ring (bicyclic) bond motifs is 1. The van der Waals surface area contributed by atoms with Gasteiger partial charge < -0.3 is 15.1 Å². The van der Waals surface area contributed by atoms with Gasteiger partial charge in [0.15, 0.2) is 0 Å². The van der Waals surface area contributed by atoms with Gasteiger partial charge in [-0.15, -0.1) is 0 Å². The number of aromatic nitrogens is 3. The minimum Gasteiger partial charge on any atom is -0.354 e. The first kappa shape index (κ1) is 22.2. The summed E-state index contributed by atoms with van der Waals surface area (Å²) in [6.45, 7) is 3.98. The Kier molecular flexibility index (Phi) is 5.86. The van der Waals surface area contributed by atoms with Gasteiger partial charge in [0.05, 0.1) is 10.4 Å². The van der Waals surface area contributed by atoms with Crippen LogP contribution in [0.2, 0.25) is 0 Å². The summed E-state index contributed by atoms with van der Waals surface area (Å²) in [4.78, 5) is 18.3. The number of likely N-dealkylation sites (N-methyl/N-ethyl adjacent to an activating group) is 1. The summed E-state index contributed by atoms with van der Waals surface area (Å²) < 4.78 is 22.9. The number of hydrogen-bond acceptors (Lipinski definition) is 8. The first-order valence-electron chi connectivity index (χ1n) is 10.9. The standard InChI is InChI=1S/C24H25N7O2S/c1-30-10-12-31(13-11-30)23-15-18(8-9-26-23)17-2-3-19-16-27-24(29-22(19)14-17)28-20-4-6-21(7-5-20)34(25,32)33/h2-9,14-16H,10-13H2,1H3,(H2,25,32,33)(H,27,28,29). The van der Waals surface area contributed by atoms with Crippen molar-refractivity contribution < 1.29 is 8.42 Å². The molecule has 3 heterocycles. The van der Waals surface area contributed by atoms with Crippen LogP contribution in [-0.4, -0.2) is 61.5 Å². The van der Waals surface area contributed by atoms with Crippen LogP contribution in [-0.2, 0) is 10.0 Å². The second kappa shape index (κ2) is 8.98. The minimum atomic E-state index is -3.73. The molecule has 9 nitrogen and oxygen atoms in total. The molecule has 0 aliphatic carbocycles. The van der Waals surface area contributed by atoms with Gasteiger partial charge in [0, 0.05) is 49.6 Å². The highest BCUT2D eigenvalue weighted by Gasteiger charge is 2.16. The number of nitrogens with one attached hydrogen (secondary N) is 1. The number of nitrogens with zero attached hydrogens (tertiary/aromatic N) is 5. The van der Waals surface area contributed by atoms with Crippen LogP contribution in [0.25, 0.3) is 22.0 Å². The third kappa shape index (κ3) is 4.84. The van der Waals surface area contributed by atoms with Crippen LogP contribution in [0, 0.1) is 0 Å². The van der Waals surface area contributed by atoms with E-state index in [2.05, 4.69) is 49.2 Å². The molecule has 0 amide bonds. The van der Waals surface area contributed by atoms with Crippen molar-refractivity contribution in [3.63, 3.8) is 0 Å². The second-order valence-electron chi connectivity index (χ2n) is 8.35. The lowest BCUT2D eigenvalue weighted by atomic mass is 10.0. The average molecular weight is 476 g/mol. The van der Waals surface area contributed by atoms with Crippen molar-refractivity contribution in [2.24, 2.45) is 5.14 Å². The maximum absolute atomic E-state index is 11.4. The van der Waals surface area contributed by atoms with E-state index in [4.69, 9.17) is 5.14 Å². The van der Waals surface area contributed by atoms with E-state index >= 15 is 0 Å². The zero-order valence-corrected chi connectivity index (χ0v) is 19.5. The van der Waals surface area contributed by atoms with Gasteiger partial charge in [-0.2, -0.15) is 0 Å². The van der Waals surface area contributed by atoms with Crippen LogP contribution in [0.5, 0.6) is 0 Å². The monoisotopic (exact) mass is 475 g/mol. The van der Waals surface area contributed by atoms with Crippen molar-refractivity contribution >= 4 is 38.4 Å². The van der Waals surface area contributed by atoms with Crippen molar-refractivity contribution in [1.29, 1.82) is 0 Å². The summed E-state index contributed by atoms with van der Waals surface area (Å²) in [5.74, 6) is 1.40. The van der Waals surface area contributed by atoms with Crippen LogP contribution >= 0.6 is 0 Å². The molecule has 4 aromatic rings. The SMILES string of the molecule is CN1CCN(c2cc(-c3ccc4cnc(Nc5ccc(S(N)(=O)=O)cc5)nc4c3)ccn2)CC1. The molecule has 0 spiro atoms. The second-order valence-corrected chi connectivity index (χ2v) is 9.92. The van der Waals surface area contributed by atoms with Gasteiger partial charge >= 0.3 is 0 Å². The van der Waals surface area contributed by atoms with Crippen LogP contribution in [0.1, 0.15) is 0 Å². The van der Waals surface area contributed by atoms with E-state index in [-0.39, 0.29) is 4.90 Å². The zero-order valence-electron chi connectivity index (χ0n) is 18.7. The smallest absolute Gasteiger partial charge is 0.238 e. The van der Waals surface area contributed by atoms with E-state index in [1.54, 1.807) is 18.3 Å². The Hall–Kier alpha value is -3.60. The van der Waals surface area contributed by atoms with E-state index in [1.165, 1.54) is 12.1 Å². The predicted octanol–water partition coefficient (Wildman–Crippen LogP) is 2.83. The highest BCUT2D eigenvalue weighted by molar-refractivity contribution is 7.89. The lowest BCUT2D eigenvalue weighted by molar-refractivity contribution is 0.312. The zero-order chi connectivity index (χ0) is 23.7. The first-order chi connectivity index (χ1) is 16.3. The number of rotatable bonds is 5. The molecule has 0 saturated carbocycles. The Morgan fingerprint density at radius 1 is 0.912 bits per heavy atom. The molecule has 0 atom stereocenters. The van der Waals surface area contributed by atoms with Gasteiger partial charge in [0.1, 0.15) is 5.82 Å². The topological polar surface area (TPSA) is 117 Å². The highest BCUT2D eigenvalue weighted by Crippen LogP contribution is 2.27. The first-order valence-corrected chi connectivity index (χ1v) is 12.5. The summed E-state index contributed by atoms with van der Waals surface area (Å²) in [5.41, 5.74) is 3.59. The number of pyridine rings is 1. The number of anilines is 3. The molecule has 1 aliphatic heterocycles. The maximum Gasteiger partial charge on any atom is 0.238 e. The molecular weight excluding hydrogens is 450 g/mol. The van der Waals surface area contributed by atoms with E-state index in [0.29, 0.717) is 11.6 Å². The Balaban J connectivity index is 1.40. The molecule has 1 saturated heterocycles. The Bertz CT molecular complexity index is 1430. The summed E-state index contributed by atoms with van der Waals surface area (Å²) in [6, 6.07) is 16.4. The average Bonchev–Trinajstić information content (AvgIpc) is 2.84. The summed E-state index contributed by atoms with van der Waals surface area (Å²) >= 11 is 0. The molecule has 2 aromatic heterocycles. The molecule has 2 aromatic carbocycles. The van der Waals surface area contributed by atoms with E-state index in [1.807, 2.05) is 24.4 Å². The van der Waals surface area contributed by atoms with Gasteiger partial charge in [-0.25, -0.2) is 28.5 Å². The summed E-state index contributed by atoms with van der Waals surface area (Å²) in [7, 11) is -1.59. The fraction of sp³-hybridized carbons (Fsp3) is 0.208. The third-order valence-electron chi connectivity index (χ3n) is 5.93. The van der Waals surface area contributed by atoms with Gasteiger partial charge in [-0.1, -0.05) is 12.1 Å². The number of piperazine rings is 1. The van der Waals surface area contributed by atoms with Gasteiger partial charge in [-0.3, -0.25) is 0 Å². The van der Waals surface area contributed by atoms with Crippen LogP contribution in [0.4, 0.5) is 17.5 Å². The molecule has 10 heteroatoms. The van der Waals surface area contributed by atoms with Crippen LogP contribution in [0.3, 0.4) is 0 Å². The van der Waals surface area contributed by atoms with Crippen LogP contribution < -0.4 is 15.4 Å². The quantitative estimate of drug-likeness (QED) is 0.453. The van der Waals surface area contributed by atoms with Crippen LogP contribution in [0.15, 0.2) is 71.9 Å². The molecule has 0 bridgehead atoms. The van der Waals surface area contributed by atoms with Crippen molar-refractivity contribution in [2.75, 3.05) is 43.4 Å². The fourth-order valence-electron chi connectivity index (χ4n) is 3.93. The van der Waals surface area contributed by atoms with Crippen molar-refractivity contribution in [3.8, 4) is 11.1 Å². The predicted molar refractivity (Wildman–Crippen MR) is 134 cm³/mol. The van der Waals surface area contributed by atoms with Crippen molar-refractivity contribution in [2.45, 2.75) is 4.90 Å². The maximum atomic E-state index is 11.4. The molecule has 1 aliphatic rings. The van der Waals surface area contributed by atoms with E-state index in [9.17, 15) is 8.42 Å². The van der Waals surface area contributed by atoms with Gasteiger partial charge in [0.25, 0.3) is 0 Å². The highest BCUT2D eigenvalue weighted by atomic mass is 32.2. The Morgan fingerprint density at radius 3 is 2.38 bits per heavy atom. The molecule has 1 fully saturated rings. The minimum absolute atomic E-state index is 0.0513. The van der Waals surface area contributed by atoms with E-state index in [0.717, 1.165) is 54.0 Å². The number of nitrogens with two attached hydrogens (primary N) is 1. The Morgan fingerprint density at radius 2 is 1.65 bits per heavy atom. The molecule has 174 valence electrons. The van der Waals surface area contributed by atoms with E-state index < -0.39 is 10.0 Å². The Labute approximate surface area is 198 Å². The number of hydrogen-bond donors (Lipinski definition) is 2. The number of sulfonamides is 1. The lowest BCUT2D eigenvalue weighted by Gasteiger charge is -2.33. The van der Waals surface area contributed by atoms with Crippen molar-refractivity contribution in [1.82, 2.24) is 19.9 Å². The lowest BCUT2D eigenvalue weighted by Crippen LogP contribution is -2.44. The fourth-order valence-corrected chi connectivity index (χ4v) is 4.44. The van der Waals surface area contributed by atoms with Crippen molar-refractivity contribution in [3.05, 3.63) is 67.0 Å². The summed E-state index contributed by atoms with van der Waals surface area (Å²) in [6.07, 6.45) is 3.61. The molecule has 34 heavy (non-hydrogen) atoms. The number of benzene rings is 2. The largest absolute Gasteiger partial charge is 0.354 e.